The number of nitrogens with one attached hydrogen (secondary N) is 1. The molecular weight excluding hydrogens is 256 g/mol. The van der Waals surface area contributed by atoms with Crippen LogP contribution in [0.2, 0.25) is 0 Å². The molecular formula is C14H18N4O2. The maximum Gasteiger partial charge on any atom is 0.292 e. The van der Waals surface area contributed by atoms with E-state index in [1.54, 1.807) is 13.1 Å². The van der Waals surface area contributed by atoms with E-state index in [0.29, 0.717) is 31.2 Å². The fourth-order valence-electron chi connectivity index (χ4n) is 2.40. The van der Waals surface area contributed by atoms with Crippen molar-refractivity contribution in [3.05, 3.63) is 33.9 Å². The lowest BCUT2D eigenvalue weighted by Gasteiger charge is -2.22. The van der Waals surface area contributed by atoms with E-state index in [9.17, 15) is 10.1 Å². The van der Waals surface area contributed by atoms with Crippen molar-refractivity contribution in [1.82, 2.24) is 4.90 Å². The quantitative estimate of drug-likeness (QED) is 0.610. The molecule has 1 aromatic rings. The summed E-state index contributed by atoms with van der Waals surface area (Å²) in [5.41, 5.74) is 1.58. The Kier molecular flexibility index (Phi) is 4.53. The van der Waals surface area contributed by atoms with Gasteiger partial charge in [-0.2, -0.15) is 5.26 Å². The minimum absolute atomic E-state index is 0.0982. The van der Waals surface area contributed by atoms with Gasteiger partial charge < -0.3 is 5.32 Å². The SMILES string of the molecule is CNc1c(CN(CCC#N)C2CC2)cccc1[N+](=O)[O-]. The molecule has 6 heteroatoms. The largest absolute Gasteiger partial charge is 0.382 e. The van der Waals surface area contributed by atoms with E-state index in [1.165, 1.54) is 6.07 Å². The molecule has 0 heterocycles. The number of nitriles is 1. The molecule has 106 valence electrons. The minimum atomic E-state index is -0.369. The smallest absolute Gasteiger partial charge is 0.292 e. The number of hydrogen-bond acceptors (Lipinski definition) is 5. The van der Waals surface area contributed by atoms with Crippen LogP contribution >= 0.6 is 0 Å². The monoisotopic (exact) mass is 274 g/mol. The molecule has 0 amide bonds. The zero-order chi connectivity index (χ0) is 14.5. The average Bonchev–Trinajstić information content (AvgIpc) is 3.27. The number of hydrogen-bond donors (Lipinski definition) is 1. The van der Waals surface area contributed by atoms with Gasteiger partial charge in [-0.3, -0.25) is 15.0 Å². The van der Waals surface area contributed by atoms with Crippen LogP contribution in [0.1, 0.15) is 24.8 Å². The summed E-state index contributed by atoms with van der Waals surface area (Å²) in [5, 5.41) is 22.7. The lowest BCUT2D eigenvalue weighted by molar-refractivity contribution is -0.384. The first-order chi connectivity index (χ1) is 9.67. The molecule has 0 saturated heterocycles. The first-order valence-electron chi connectivity index (χ1n) is 6.72. The van der Waals surface area contributed by atoms with Crippen LogP contribution < -0.4 is 5.32 Å². The van der Waals surface area contributed by atoms with Gasteiger partial charge in [-0.05, 0) is 18.4 Å². The first-order valence-corrected chi connectivity index (χ1v) is 6.72. The molecule has 0 aliphatic heterocycles. The topological polar surface area (TPSA) is 82.2 Å². The maximum atomic E-state index is 11.0. The molecule has 0 unspecified atom stereocenters. The summed E-state index contributed by atoms with van der Waals surface area (Å²) in [6, 6.07) is 7.80. The van der Waals surface area contributed by atoms with Crippen LogP contribution in [-0.4, -0.2) is 29.5 Å². The minimum Gasteiger partial charge on any atom is -0.382 e. The van der Waals surface area contributed by atoms with Gasteiger partial charge in [0.1, 0.15) is 5.69 Å². The van der Waals surface area contributed by atoms with Crippen molar-refractivity contribution in [1.29, 1.82) is 5.26 Å². The number of nitro benzene ring substituents is 1. The highest BCUT2D eigenvalue weighted by molar-refractivity contribution is 5.66. The van der Waals surface area contributed by atoms with E-state index >= 15 is 0 Å². The van der Waals surface area contributed by atoms with E-state index < -0.39 is 0 Å². The molecule has 1 N–H and O–H groups in total. The maximum absolute atomic E-state index is 11.0. The first kappa shape index (κ1) is 14.3. The molecule has 2 rings (SSSR count). The third-order valence-corrected chi connectivity index (χ3v) is 3.52. The fraction of sp³-hybridized carbons (Fsp3) is 0.500. The molecule has 0 spiro atoms. The molecule has 1 saturated carbocycles. The van der Waals surface area contributed by atoms with Gasteiger partial charge in [-0.25, -0.2) is 0 Å². The van der Waals surface area contributed by atoms with Crippen molar-refractivity contribution in [2.24, 2.45) is 0 Å². The summed E-state index contributed by atoms with van der Waals surface area (Å²) in [7, 11) is 1.70. The van der Waals surface area contributed by atoms with E-state index in [0.717, 1.165) is 18.4 Å². The second-order valence-corrected chi connectivity index (χ2v) is 4.93. The molecule has 1 aromatic carbocycles. The van der Waals surface area contributed by atoms with Gasteiger partial charge in [0.15, 0.2) is 0 Å². The van der Waals surface area contributed by atoms with E-state index in [4.69, 9.17) is 5.26 Å². The normalized spacial score (nSPS) is 14.1. The second kappa shape index (κ2) is 6.35. The standard InChI is InChI=1S/C14H18N4O2/c1-16-14-11(4-2-5-13(14)18(19)20)10-17(9-3-8-15)12-6-7-12/h2,4-5,12,16H,3,6-7,9-10H2,1H3. The molecule has 1 aliphatic carbocycles. The fourth-order valence-corrected chi connectivity index (χ4v) is 2.40. The molecule has 1 fully saturated rings. The summed E-state index contributed by atoms with van der Waals surface area (Å²) in [5.74, 6) is 0. The Bertz CT molecular complexity index is 534. The molecule has 0 aromatic heterocycles. The number of rotatable bonds is 7. The van der Waals surface area contributed by atoms with Gasteiger partial charge in [0.05, 0.1) is 11.0 Å². The number of para-hydroxylation sites is 1. The Balaban J connectivity index is 2.20. The summed E-state index contributed by atoms with van der Waals surface area (Å²) in [6.45, 7) is 1.36. The number of anilines is 1. The molecule has 6 nitrogen and oxygen atoms in total. The highest BCUT2D eigenvalue weighted by Gasteiger charge is 2.29. The number of nitrogens with zero attached hydrogens (tertiary/aromatic N) is 3. The third kappa shape index (κ3) is 3.25. The van der Waals surface area contributed by atoms with Crippen LogP contribution in [-0.2, 0) is 6.54 Å². The van der Waals surface area contributed by atoms with Crippen LogP contribution in [0.5, 0.6) is 0 Å². The lowest BCUT2D eigenvalue weighted by Crippen LogP contribution is -2.27. The van der Waals surface area contributed by atoms with Crippen LogP contribution in [0.15, 0.2) is 18.2 Å². The van der Waals surface area contributed by atoms with Gasteiger partial charge >= 0.3 is 0 Å². The summed E-state index contributed by atoms with van der Waals surface area (Å²) >= 11 is 0. The number of nitro groups is 1. The van der Waals surface area contributed by atoms with Crippen molar-refractivity contribution < 1.29 is 4.92 Å². The molecule has 0 radical (unpaired) electrons. The average molecular weight is 274 g/mol. The van der Waals surface area contributed by atoms with Gasteiger partial charge in [-0.15, -0.1) is 0 Å². The lowest BCUT2D eigenvalue weighted by atomic mass is 10.1. The van der Waals surface area contributed by atoms with Gasteiger partial charge in [-0.1, -0.05) is 12.1 Å². The Labute approximate surface area is 118 Å². The predicted molar refractivity (Wildman–Crippen MR) is 76.3 cm³/mol. The zero-order valence-corrected chi connectivity index (χ0v) is 11.5. The second-order valence-electron chi connectivity index (χ2n) is 4.93. The highest BCUT2D eigenvalue weighted by atomic mass is 16.6. The molecule has 0 atom stereocenters. The van der Waals surface area contributed by atoms with Crippen molar-refractivity contribution in [2.75, 3.05) is 18.9 Å². The van der Waals surface area contributed by atoms with Gasteiger partial charge in [0.25, 0.3) is 5.69 Å². The van der Waals surface area contributed by atoms with Crippen LogP contribution in [0.25, 0.3) is 0 Å². The third-order valence-electron chi connectivity index (χ3n) is 3.52. The van der Waals surface area contributed by atoms with Crippen molar-refractivity contribution >= 4 is 11.4 Å². The Morgan fingerprint density at radius 1 is 1.55 bits per heavy atom. The Hall–Kier alpha value is -2.13. The van der Waals surface area contributed by atoms with E-state index in [-0.39, 0.29) is 10.6 Å². The van der Waals surface area contributed by atoms with Crippen LogP contribution in [0, 0.1) is 21.4 Å². The highest BCUT2D eigenvalue weighted by Crippen LogP contribution is 2.33. The van der Waals surface area contributed by atoms with E-state index in [2.05, 4.69) is 16.3 Å². The van der Waals surface area contributed by atoms with Gasteiger partial charge in [0.2, 0.25) is 0 Å². The number of benzene rings is 1. The van der Waals surface area contributed by atoms with Crippen LogP contribution in [0.4, 0.5) is 11.4 Å². The predicted octanol–water partition coefficient (Wildman–Crippen LogP) is 2.51. The van der Waals surface area contributed by atoms with Crippen molar-refractivity contribution in [3.8, 4) is 6.07 Å². The zero-order valence-electron chi connectivity index (χ0n) is 11.5. The summed E-state index contributed by atoms with van der Waals surface area (Å²) < 4.78 is 0. The molecule has 0 bridgehead atoms. The summed E-state index contributed by atoms with van der Waals surface area (Å²) in [4.78, 5) is 12.9. The molecule has 1 aliphatic rings. The van der Waals surface area contributed by atoms with Gasteiger partial charge in [0, 0.05) is 38.7 Å². The van der Waals surface area contributed by atoms with E-state index in [1.807, 2.05) is 6.07 Å². The van der Waals surface area contributed by atoms with Crippen molar-refractivity contribution in [3.63, 3.8) is 0 Å². The summed E-state index contributed by atoms with van der Waals surface area (Å²) in [6.07, 6.45) is 2.78. The van der Waals surface area contributed by atoms with Crippen LogP contribution in [0.3, 0.4) is 0 Å². The Morgan fingerprint density at radius 3 is 2.85 bits per heavy atom. The Morgan fingerprint density at radius 2 is 2.30 bits per heavy atom. The molecule has 20 heavy (non-hydrogen) atoms. The van der Waals surface area contributed by atoms with Crippen molar-refractivity contribution in [2.45, 2.75) is 31.8 Å².